The van der Waals surface area contributed by atoms with E-state index in [0.717, 1.165) is 16.4 Å². The Morgan fingerprint density at radius 2 is 1.83 bits per heavy atom. The molecule has 4 rings (SSSR count). The van der Waals surface area contributed by atoms with Crippen LogP contribution in [0.4, 0.5) is 0 Å². The van der Waals surface area contributed by atoms with Gasteiger partial charge in [-0.25, -0.2) is 13.4 Å². The molecule has 148 valence electrons. The van der Waals surface area contributed by atoms with Crippen molar-refractivity contribution >= 4 is 21.6 Å². The summed E-state index contributed by atoms with van der Waals surface area (Å²) in [4.78, 5) is 4.71. The molecule has 0 amide bonds. The molecule has 0 bridgehead atoms. The van der Waals surface area contributed by atoms with E-state index in [-0.39, 0.29) is 4.90 Å². The average molecular weight is 427 g/mol. The Hall–Kier alpha value is -2.98. The third-order valence-electron chi connectivity index (χ3n) is 4.36. The van der Waals surface area contributed by atoms with Gasteiger partial charge in [0, 0.05) is 18.6 Å². The van der Waals surface area contributed by atoms with Crippen LogP contribution in [0.25, 0.3) is 11.4 Å². The van der Waals surface area contributed by atoms with E-state index in [1.165, 1.54) is 18.0 Å². The van der Waals surface area contributed by atoms with Crippen molar-refractivity contribution in [1.82, 2.24) is 29.8 Å². The second-order valence-electron chi connectivity index (χ2n) is 6.43. The molecule has 0 radical (unpaired) electrons. The SMILES string of the molecule is Cc1ccccc1-n1ccnc1SCc1nnnn1-c1ccc(S(C)(=O)=O)cc1. The number of rotatable bonds is 6. The number of nitrogens with zero attached hydrogens (tertiary/aromatic N) is 6. The molecule has 0 saturated carbocycles. The first kappa shape index (κ1) is 19.3. The summed E-state index contributed by atoms with van der Waals surface area (Å²) in [7, 11) is -3.25. The van der Waals surface area contributed by atoms with Crippen LogP contribution in [0.3, 0.4) is 0 Å². The second-order valence-corrected chi connectivity index (χ2v) is 9.39. The van der Waals surface area contributed by atoms with Crippen LogP contribution in [-0.2, 0) is 15.6 Å². The largest absolute Gasteiger partial charge is 0.295 e. The minimum atomic E-state index is -3.25. The van der Waals surface area contributed by atoms with Gasteiger partial charge in [-0.2, -0.15) is 4.68 Å². The summed E-state index contributed by atoms with van der Waals surface area (Å²) >= 11 is 1.52. The van der Waals surface area contributed by atoms with Gasteiger partial charge >= 0.3 is 0 Å². The number of imidazole rings is 1. The molecule has 0 N–H and O–H groups in total. The van der Waals surface area contributed by atoms with Gasteiger partial charge in [0.1, 0.15) is 0 Å². The quantitative estimate of drug-likeness (QED) is 0.438. The average Bonchev–Trinajstić information content (AvgIpc) is 3.35. The van der Waals surface area contributed by atoms with Gasteiger partial charge in [0.2, 0.25) is 0 Å². The van der Waals surface area contributed by atoms with Gasteiger partial charge in [0.15, 0.2) is 20.8 Å². The first-order valence-electron chi connectivity index (χ1n) is 8.73. The van der Waals surface area contributed by atoms with Crippen molar-refractivity contribution in [2.75, 3.05) is 6.26 Å². The highest BCUT2D eigenvalue weighted by molar-refractivity contribution is 7.98. The van der Waals surface area contributed by atoms with Gasteiger partial charge in [-0.15, -0.1) is 5.10 Å². The fourth-order valence-electron chi connectivity index (χ4n) is 2.87. The van der Waals surface area contributed by atoms with Crippen LogP contribution in [0, 0.1) is 6.92 Å². The number of aromatic nitrogens is 6. The lowest BCUT2D eigenvalue weighted by atomic mass is 10.2. The number of hydrogen-bond acceptors (Lipinski definition) is 7. The van der Waals surface area contributed by atoms with Crippen molar-refractivity contribution in [1.29, 1.82) is 0 Å². The molecule has 0 aliphatic carbocycles. The molecule has 2 aromatic heterocycles. The Kier molecular flexibility index (Phi) is 5.20. The zero-order valence-electron chi connectivity index (χ0n) is 15.8. The molecule has 2 heterocycles. The van der Waals surface area contributed by atoms with Crippen molar-refractivity contribution in [2.45, 2.75) is 22.7 Å². The summed E-state index contributed by atoms with van der Waals surface area (Å²) in [5.74, 6) is 1.14. The second kappa shape index (κ2) is 7.80. The highest BCUT2D eigenvalue weighted by atomic mass is 32.2. The number of hydrogen-bond donors (Lipinski definition) is 0. The van der Waals surface area contributed by atoms with Gasteiger partial charge in [0.25, 0.3) is 0 Å². The van der Waals surface area contributed by atoms with E-state index in [4.69, 9.17) is 0 Å². The first-order valence-corrected chi connectivity index (χ1v) is 11.6. The lowest BCUT2D eigenvalue weighted by Gasteiger charge is -2.10. The fraction of sp³-hybridized carbons (Fsp3) is 0.158. The van der Waals surface area contributed by atoms with Crippen LogP contribution in [0.2, 0.25) is 0 Å². The van der Waals surface area contributed by atoms with Gasteiger partial charge in [0.05, 0.1) is 22.0 Å². The lowest BCUT2D eigenvalue weighted by Crippen LogP contribution is -2.04. The van der Waals surface area contributed by atoms with E-state index in [1.807, 2.05) is 22.9 Å². The Bertz CT molecular complexity index is 1250. The predicted molar refractivity (Wildman–Crippen MR) is 110 cm³/mol. The summed E-state index contributed by atoms with van der Waals surface area (Å²) < 4.78 is 26.9. The number of benzene rings is 2. The van der Waals surface area contributed by atoms with Crippen LogP contribution in [0.5, 0.6) is 0 Å². The zero-order valence-corrected chi connectivity index (χ0v) is 17.4. The normalized spacial score (nSPS) is 11.7. The summed E-state index contributed by atoms with van der Waals surface area (Å²) in [6.07, 6.45) is 4.87. The lowest BCUT2D eigenvalue weighted by molar-refractivity contribution is 0.602. The molecule has 0 saturated heterocycles. The predicted octanol–water partition coefficient (Wildman–Crippen LogP) is 2.85. The molecule has 2 aromatic carbocycles. The van der Waals surface area contributed by atoms with E-state index >= 15 is 0 Å². The van der Waals surface area contributed by atoms with Crippen molar-refractivity contribution in [3.05, 3.63) is 72.3 Å². The van der Waals surface area contributed by atoms with E-state index in [9.17, 15) is 8.42 Å². The van der Waals surface area contributed by atoms with Crippen molar-refractivity contribution < 1.29 is 8.42 Å². The number of aryl methyl sites for hydroxylation is 1. The van der Waals surface area contributed by atoms with E-state index in [0.29, 0.717) is 17.3 Å². The number of thioether (sulfide) groups is 1. The molecule has 0 aliphatic heterocycles. The highest BCUT2D eigenvalue weighted by Gasteiger charge is 2.14. The molecule has 0 spiro atoms. The minimum Gasteiger partial charge on any atom is -0.295 e. The maximum absolute atomic E-state index is 11.6. The van der Waals surface area contributed by atoms with E-state index < -0.39 is 9.84 Å². The summed E-state index contributed by atoms with van der Waals surface area (Å²) in [6, 6.07) is 14.6. The highest BCUT2D eigenvalue weighted by Crippen LogP contribution is 2.25. The third-order valence-corrected chi connectivity index (χ3v) is 6.45. The molecule has 0 aliphatic rings. The Morgan fingerprint density at radius 3 is 2.55 bits per heavy atom. The molecule has 29 heavy (non-hydrogen) atoms. The van der Waals surface area contributed by atoms with Gasteiger partial charge in [-0.05, 0) is 53.2 Å². The van der Waals surface area contributed by atoms with Crippen LogP contribution in [0.1, 0.15) is 11.4 Å². The molecule has 0 fully saturated rings. The zero-order chi connectivity index (χ0) is 20.4. The number of tetrazole rings is 1. The van der Waals surface area contributed by atoms with E-state index in [2.05, 4.69) is 39.6 Å². The smallest absolute Gasteiger partial charge is 0.175 e. The fourth-order valence-corrected chi connectivity index (χ4v) is 4.38. The van der Waals surface area contributed by atoms with Crippen LogP contribution in [0.15, 0.2) is 71.0 Å². The standard InChI is InChI=1S/C19H18N6O2S2/c1-14-5-3-4-6-17(14)24-12-11-20-19(24)28-13-18-21-22-23-25(18)15-7-9-16(10-8-15)29(2,26)27/h3-12H,13H2,1-2H3. The molecular formula is C19H18N6O2S2. The van der Waals surface area contributed by atoms with Crippen molar-refractivity contribution in [2.24, 2.45) is 0 Å². The molecule has 8 nitrogen and oxygen atoms in total. The molecular weight excluding hydrogens is 408 g/mol. The summed E-state index contributed by atoms with van der Waals surface area (Å²) in [6.45, 7) is 2.06. The van der Waals surface area contributed by atoms with Crippen LogP contribution in [-0.4, -0.2) is 44.4 Å². The Balaban J connectivity index is 1.56. The Labute approximate surface area is 172 Å². The van der Waals surface area contributed by atoms with Gasteiger partial charge < -0.3 is 0 Å². The third kappa shape index (κ3) is 4.08. The minimum absolute atomic E-state index is 0.255. The van der Waals surface area contributed by atoms with Crippen molar-refractivity contribution in [3.63, 3.8) is 0 Å². The van der Waals surface area contributed by atoms with E-state index in [1.54, 1.807) is 35.1 Å². The van der Waals surface area contributed by atoms with Gasteiger partial charge in [-0.3, -0.25) is 4.57 Å². The summed E-state index contributed by atoms with van der Waals surface area (Å²) in [5, 5.41) is 12.8. The summed E-state index contributed by atoms with van der Waals surface area (Å²) in [5.41, 5.74) is 2.92. The molecule has 0 unspecified atom stereocenters. The first-order chi connectivity index (χ1) is 13.9. The topological polar surface area (TPSA) is 95.6 Å². The molecule has 4 aromatic rings. The van der Waals surface area contributed by atoms with Gasteiger partial charge in [-0.1, -0.05) is 30.0 Å². The number of para-hydroxylation sites is 1. The maximum atomic E-state index is 11.6. The van der Waals surface area contributed by atoms with Crippen LogP contribution >= 0.6 is 11.8 Å². The number of sulfone groups is 1. The van der Waals surface area contributed by atoms with Crippen LogP contribution < -0.4 is 0 Å². The monoisotopic (exact) mass is 426 g/mol. The Morgan fingerprint density at radius 1 is 1.07 bits per heavy atom. The van der Waals surface area contributed by atoms with Crippen molar-refractivity contribution in [3.8, 4) is 11.4 Å². The molecule has 10 heteroatoms. The maximum Gasteiger partial charge on any atom is 0.175 e. The molecule has 0 atom stereocenters.